The molecule has 0 unspecified atom stereocenters. The number of anilines is 1. The van der Waals surface area contributed by atoms with Crippen molar-refractivity contribution in [3.63, 3.8) is 0 Å². The molecule has 2 aromatic carbocycles. The highest BCUT2D eigenvalue weighted by molar-refractivity contribution is 5.97. The minimum Gasteiger partial charge on any atom is -0.507 e. The molecule has 6 nitrogen and oxygen atoms in total. The van der Waals surface area contributed by atoms with Crippen LogP contribution in [0.3, 0.4) is 0 Å². The van der Waals surface area contributed by atoms with E-state index in [1.54, 1.807) is 12.1 Å². The van der Waals surface area contributed by atoms with Crippen LogP contribution in [0.4, 0.5) is 5.69 Å². The summed E-state index contributed by atoms with van der Waals surface area (Å²) in [6, 6.07) is 16.0. The molecule has 1 amide bonds. The molecular formula is C18H18N4O2. The van der Waals surface area contributed by atoms with Crippen LogP contribution in [0.25, 0.3) is 0 Å². The van der Waals surface area contributed by atoms with Crippen molar-refractivity contribution in [2.24, 2.45) is 5.10 Å². The number of hydrazone groups is 1. The summed E-state index contributed by atoms with van der Waals surface area (Å²) in [7, 11) is 1.92. The van der Waals surface area contributed by atoms with Gasteiger partial charge in [-0.1, -0.05) is 24.3 Å². The number of nitrogens with zero attached hydrogens (tertiary/aromatic N) is 3. The Morgan fingerprint density at radius 3 is 2.67 bits per heavy atom. The van der Waals surface area contributed by atoms with E-state index in [2.05, 4.69) is 16.6 Å². The van der Waals surface area contributed by atoms with Crippen LogP contribution in [0.15, 0.2) is 53.6 Å². The standard InChI is InChI=1S/C18H18N4O2/c1-22(12-4-11-19)15-9-7-14(8-10-15)13-20-21-18(24)16-5-2-3-6-17(16)23/h2-3,5-10,13,23H,4,12H2,1H3,(H,21,24). The van der Waals surface area contributed by atoms with Crippen LogP contribution in [0.1, 0.15) is 22.3 Å². The highest BCUT2D eigenvalue weighted by atomic mass is 16.3. The topological polar surface area (TPSA) is 88.7 Å². The van der Waals surface area contributed by atoms with E-state index in [-0.39, 0.29) is 11.3 Å². The number of phenolic OH excluding ortho intramolecular Hbond substituents is 1. The summed E-state index contributed by atoms with van der Waals surface area (Å²) in [6.07, 6.45) is 2.00. The molecule has 122 valence electrons. The number of phenols is 1. The highest BCUT2D eigenvalue weighted by Gasteiger charge is 2.08. The van der Waals surface area contributed by atoms with Crippen molar-refractivity contribution in [1.29, 1.82) is 5.26 Å². The van der Waals surface area contributed by atoms with Gasteiger partial charge < -0.3 is 10.0 Å². The smallest absolute Gasteiger partial charge is 0.275 e. The first-order valence-electron chi connectivity index (χ1n) is 7.41. The summed E-state index contributed by atoms with van der Waals surface area (Å²) < 4.78 is 0. The van der Waals surface area contributed by atoms with Crippen molar-refractivity contribution >= 4 is 17.8 Å². The molecule has 0 aliphatic rings. The summed E-state index contributed by atoms with van der Waals surface area (Å²) in [6.45, 7) is 0.667. The van der Waals surface area contributed by atoms with Gasteiger partial charge in [0.1, 0.15) is 5.75 Å². The molecule has 24 heavy (non-hydrogen) atoms. The first-order chi connectivity index (χ1) is 11.6. The van der Waals surface area contributed by atoms with Crippen molar-refractivity contribution in [2.45, 2.75) is 6.42 Å². The molecule has 6 heteroatoms. The lowest BCUT2D eigenvalue weighted by molar-refractivity contribution is 0.0952. The van der Waals surface area contributed by atoms with Gasteiger partial charge in [-0.05, 0) is 29.8 Å². The Labute approximate surface area is 140 Å². The van der Waals surface area contributed by atoms with Crippen LogP contribution >= 0.6 is 0 Å². The molecular weight excluding hydrogens is 304 g/mol. The van der Waals surface area contributed by atoms with E-state index in [0.29, 0.717) is 13.0 Å². The molecule has 2 rings (SSSR count). The van der Waals surface area contributed by atoms with Crippen LogP contribution in [0.2, 0.25) is 0 Å². The Morgan fingerprint density at radius 1 is 1.29 bits per heavy atom. The number of hydrogen-bond donors (Lipinski definition) is 2. The Hall–Kier alpha value is -3.33. The molecule has 0 atom stereocenters. The zero-order valence-electron chi connectivity index (χ0n) is 13.3. The van der Waals surface area contributed by atoms with Crippen LogP contribution in [0, 0.1) is 11.3 Å². The molecule has 0 saturated heterocycles. The minimum absolute atomic E-state index is 0.0880. The fraction of sp³-hybridized carbons (Fsp3) is 0.167. The third kappa shape index (κ3) is 4.58. The summed E-state index contributed by atoms with van der Waals surface area (Å²) in [5, 5.41) is 22.1. The van der Waals surface area contributed by atoms with E-state index < -0.39 is 5.91 Å². The maximum Gasteiger partial charge on any atom is 0.275 e. The van der Waals surface area contributed by atoms with Crippen molar-refractivity contribution in [1.82, 2.24) is 5.43 Å². The van der Waals surface area contributed by atoms with Gasteiger partial charge in [0.05, 0.1) is 24.3 Å². The maximum atomic E-state index is 11.9. The Morgan fingerprint density at radius 2 is 2.00 bits per heavy atom. The maximum absolute atomic E-state index is 11.9. The molecule has 0 saturated carbocycles. The molecule has 0 heterocycles. The fourth-order valence-electron chi connectivity index (χ4n) is 2.05. The zero-order valence-corrected chi connectivity index (χ0v) is 13.3. The number of rotatable bonds is 6. The number of amides is 1. The van der Waals surface area contributed by atoms with Gasteiger partial charge in [0, 0.05) is 19.3 Å². The van der Waals surface area contributed by atoms with E-state index in [4.69, 9.17) is 5.26 Å². The van der Waals surface area contributed by atoms with Gasteiger partial charge in [0.15, 0.2) is 0 Å². The lowest BCUT2D eigenvalue weighted by atomic mass is 10.2. The molecule has 2 aromatic rings. The van der Waals surface area contributed by atoms with Gasteiger partial charge in [0.2, 0.25) is 0 Å². The van der Waals surface area contributed by atoms with E-state index in [1.165, 1.54) is 18.3 Å². The molecule has 0 aliphatic carbocycles. The highest BCUT2D eigenvalue weighted by Crippen LogP contribution is 2.15. The average molecular weight is 322 g/mol. The average Bonchev–Trinajstić information content (AvgIpc) is 2.60. The quantitative estimate of drug-likeness (QED) is 0.632. The SMILES string of the molecule is CN(CCC#N)c1ccc(C=NNC(=O)c2ccccc2O)cc1. The van der Waals surface area contributed by atoms with Crippen molar-refractivity contribution in [2.75, 3.05) is 18.5 Å². The number of para-hydroxylation sites is 1. The van der Waals surface area contributed by atoms with Gasteiger partial charge in [0.25, 0.3) is 5.91 Å². The number of benzene rings is 2. The van der Waals surface area contributed by atoms with Gasteiger partial charge in [-0.2, -0.15) is 10.4 Å². The largest absolute Gasteiger partial charge is 0.507 e. The molecule has 0 bridgehead atoms. The van der Waals surface area contributed by atoms with Gasteiger partial charge in [-0.25, -0.2) is 5.43 Å². The predicted molar refractivity (Wildman–Crippen MR) is 93.1 cm³/mol. The molecule has 0 aliphatic heterocycles. The van der Waals surface area contributed by atoms with Crippen molar-refractivity contribution < 1.29 is 9.90 Å². The van der Waals surface area contributed by atoms with Crippen LogP contribution in [-0.4, -0.2) is 30.8 Å². The number of hydrogen-bond acceptors (Lipinski definition) is 5. The van der Waals surface area contributed by atoms with E-state index in [9.17, 15) is 9.90 Å². The summed E-state index contributed by atoms with van der Waals surface area (Å²) in [4.78, 5) is 13.9. The van der Waals surface area contributed by atoms with Gasteiger partial charge in [-0.15, -0.1) is 0 Å². The molecule has 2 N–H and O–H groups in total. The number of carbonyl (C=O) groups excluding carboxylic acids is 1. The normalized spacial score (nSPS) is 10.3. The van der Waals surface area contributed by atoms with E-state index in [1.807, 2.05) is 36.2 Å². The third-order valence-electron chi connectivity index (χ3n) is 3.42. The Kier molecular flexibility index (Phi) is 5.92. The number of nitriles is 1. The monoisotopic (exact) mass is 322 g/mol. The Balaban J connectivity index is 1.94. The minimum atomic E-state index is -0.475. The first kappa shape index (κ1) is 17.0. The molecule has 0 spiro atoms. The van der Waals surface area contributed by atoms with Crippen molar-refractivity contribution in [3.05, 3.63) is 59.7 Å². The van der Waals surface area contributed by atoms with Crippen molar-refractivity contribution in [3.8, 4) is 11.8 Å². The third-order valence-corrected chi connectivity index (χ3v) is 3.42. The van der Waals surface area contributed by atoms with E-state index in [0.717, 1.165) is 11.3 Å². The van der Waals surface area contributed by atoms with Gasteiger partial charge in [-0.3, -0.25) is 4.79 Å². The molecule has 0 aromatic heterocycles. The number of nitrogens with one attached hydrogen (secondary N) is 1. The zero-order chi connectivity index (χ0) is 17.4. The summed E-state index contributed by atoms with van der Waals surface area (Å²) >= 11 is 0. The second-order valence-electron chi connectivity index (χ2n) is 5.14. The van der Waals surface area contributed by atoms with Gasteiger partial charge >= 0.3 is 0 Å². The number of carbonyl (C=O) groups is 1. The second kappa shape index (κ2) is 8.34. The summed E-state index contributed by atoms with van der Waals surface area (Å²) in [5.74, 6) is -0.563. The summed E-state index contributed by atoms with van der Waals surface area (Å²) in [5.41, 5.74) is 4.37. The lowest BCUT2D eigenvalue weighted by Crippen LogP contribution is -2.18. The lowest BCUT2D eigenvalue weighted by Gasteiger charge is -2.17. The first-order valence-corrected chi connectivity index (χ1v) is 7.41. The van der Waals surface area contributed by atoms with E-state index >= 15 is 0 Å². The molecule has 0 radical (unpaired) electrons. The van der Waals surface area contributed by atoms with Crippen LogP contribution in [-0.2, 0) is 0 Å². The Bertz CT molecular complexity index is 763. The second-order valence-corrected chi connectivity index (χ2v) is 5.14. The van der Waals surface area contributed by atoms with Crippen LogP contribution in [0.5, 0.6) is 5.75 Å². The molecule has 0 fully saturated rings. The number of aromatic hydroxyl groups is 1. The predicted octanol–water partition coefficient (Wildman–Crippen LogP) is 2.51. The van der Waals surface area contributed by atoms with Crippen LogP contribution < -0.4 is 10.3 Å². The fourth-order valence-corrected chi connectivity index (χ4v) is 2.05.